The molecule has 0 aliphatic heterocycles. The van der Waals surface area contributed by atoms with Gasteiger partial charge in [0.05, 0.1) is 0 Å². The zero-order valence-electron chi connectivity index (χ0n) is 8.04. The van der Waals surface area contributed by atoms with Crippen LogP contribution in [0.4, 0.5) is 0 Å². The quantitative estimate of drug-likeness (QED) is 0.719. The molecular weight excluding hydrogens is 226 g/mol. The van der Waals surface area contributed by atoms with Crippen LogP contribution in [0.15, 0.2) is 24.4 Å². The van der Waals surface area contributed by atoms with Crippen LogP contribution in [0.25, 0.3) is 0 Å². The van der Waals surface area contributed by atoms with Crippen molar-refractivity contribution in [3.05, 3.63) is 30.1 Å². The van der Waals surface area contributed by atoms with Gasteiger partial charge in [-0.25, -0.2) is 0 Å². The molecule has 1 unspecified atom stereocenters. The molecule has 0 aromatic carbocycles. The van der Waals surface area contributed by atoms with Crippen LogP contribution in [0.5, 0.6) is 0 Å². The summed E-state index contributed by atoms with van der Waals surface area (Å²) in [6, 6.07) is 6.10. The van der Waals surface area contributed by atoms with Crippen LogP contribution in [-0.2, 0) is 6.42 Å². The third kappa shape index (κ3) is 4.41. The van der Waals surface area contributed by atoms with Gasteiger partial charge in [-0.2, -0.15) is 0 Å². The molecule has 1 aromatic rings. The summed E-state index contributed by atoms with van der Waals surface area (Å²) in [7, 11) is 0. The summed E-state index contributed by atoms with van der Waals surface area (Å²) < 4.78 is 0. The minimum atomic E-state index is 0.677. The number of alkyl halides is 1. The Bertz CT molecular complexity index is 223. The largest absolute Gasteiger partial charge is 0.261 e. The molecule has 0 aliphatic carbocycles. The molecule has 0 saturated heterocycles. The summed E-state index contributed by atoms with van der Waals surface area (Å²) in [5.74, 6) is 0. The Hall–Kier alpha value is -0.370. The molecule has 0 aliphatic rings. The van der Waals surface area contributed by atoms with Crippen LogP contribution >= 0.6 is 15.9 Å². The molecule has 1 atom stereocenters. The molecule has 0 fully saturated rings. The summed E-state index contributed by atoms with van der Waals surface area (Å²) in [6.45, 7) is 2.21. The van der Waals surface area contributed by atoms with Gasteiger partial charge in [-0.1, -0.05) is 28.9 Å². The monoisotopic (exact) mass is 241 g/mol. The van der Waals surface area contributed by atoms with E-state index in [1.165, 1.54) is 25.0 Å². The van der Waals surface area contributed by atoms with Gasteiger partial charge in [-0.3, -0.25) is 4.98 Å². The van der Waals surface area contributed by atoms with Crippen LogP contribution in [0.1, 0.15) is 31.9 Å². The first kappa shape index (κ1) is 10.7. The number of aryl methyl sites for hydroxylation is 1. The van der Waals surface area contributed by atoms with E-state index in [4.69, 9.17) is 0 Å². The number of pyridine rings is 1. The number of hydrogen-bond donors (Lipinski definition) is 0. The molecule has 0 radical (unpaired) electrons. The number of rotatable bonds is 5. The molecule has 1 rings (SSSR count). The second-order valence-electron chi connectivity index (χ2n) is 3.22. The van der Waals surface area contributed by atoms with Gasteiger partial charge in [-0.05, 0) is 37.8 Å². The van der Waals surface area contributed by atoms with Crippen LogP contribution in [0.2, 0.25) is 0 Å². The highest BCUT2D eigenvalue weighted by atomic mass is 79.9. The first-order chi connectivity index (χ1) is 6.33. The van der Waals surface area contributed by atoms with Gasteiger partial charge in [0.1, 0.15) is 0 Å². The lowest BCUT2D eigenvalue weighted by Gasteiger charge is -2.05. The van der Waals surface area contributed by atoms with E-state index in [1.54, 1.807) is 0 Å². The molecule has 0 spiro atoms. The summed E-state index contributed by atoms with van der Waals surface area (Å²) in [5.41, 5.74) is 1.21. The Morgan fingerprint density at radius 1 is 1.46 bits per heavy atom. The van der Waals surface area contributed by atoms with Gasteiger partial charge in [0.2, 0.25) is 0 Å². The lowest BCUT2D eigenvalue weighted by molar-refractivity contribution is 0.682. The Kier molecular flexibility index (Phi) is 5.06. The van der Waals surface area contributed by atoms with Crippen molar-refractivity contribution in [1.29, 1.82) is 0 Å². The zero-order valence-corrected chi connectivity index (χ0v) is 9.63. The topological polar surface area (TPSA) is 12.9 Å². The lowest BCUT2D eigenvalue weighted by atomic mass is 10.1. The molecule has 72 valence electrons. The van der Waals surface area contributed by atoms with Gasteiger partial charge in [0.15, 0.2) is 0 Å². The second kappa shape index (κ2) is 6.14. The smallest absolute Gasteiger partial charge is 0.0403 e. The van der Waals surface area contributed by atoms with Gasteiger partial charge in [0, 0.05) is 16.7 Å². The molecule has 0 saturated carbocycles. The molecule has 1 heterocycles. The van der Waals surface area contributed by atoms with Gasteiger partial charge >= 0.3 is 0 Å². The van der Waals surface area contributed by atoms with Crippen molar-refractivity contribution in [3.8, 4) is 0 Å². The standard InChI is InChI=1S/C11H16BrN/c1-2-10(12)6-5-8-11-7-3-4-9-13-11/h3-4,7,9-10H,2,5-6,8H2,1H3. The normalized spacial score (nSPS) is 12.8. The van der Waals surface area contributed by atoms with E-state index in [0.717, 1.165) is 6.42 Å². The minimum Gasteiger partial charge on any atom is -0.261 e. The molecular formula is C11H16BrN. The van der Waals surface area contributed by atoms with Crippen molar-refractivity contribution in [2.45, 2.75) is 37.4 Å². The number of aromatic nitrogens is 1. The van der Waals surface area contributed by atoms with E-state index in [9.17, 15) is 0 Å². The average Bonchev–Trinajstić information content (AvgIpc) is 2.19. The Balaban J connectivity index is 2.20. The lowest BCUT2D eigenvalue weighted by Crippen LogP contribution is -1.97. The van der Waals surface area contributed by atoms with E-state index < -0.39 is 0 Å². The Labute approximate surface area is 88.7 Å². The van der Waals surface area contributed by atoms with Gasteiger partial charge < -0.3 is 0 Å². The SMILES string of the molecule is CCC(Br)CCCc1ccccn1. The molecule has 0 bridgehead atoms. The van der Waals surface area contributed by atoms with E-state index in [2.05, 4.69) is 33.9 Å². The molecule has 1 aromatic heterocycles. The predicted octanol–water partition coefficient (Wildman–Crippen LogP) is 3.58. The maximum absolute atomic E-state index is 4.29. The molecule has 13 heavy (non-hydrogen) atoms. The maximum Gasteiger partial charge on any atom is 0.0403 e. The van der Waals surface area contributed by atoms with E-state index in [0.29, 0.717) is 4.83 Å². The second-order valence-corrected chi connectivity index (χ2v) is 4.51. The Morgan fingerprint density at radius 3 is 2.92 bits per heavy atom. The zero-order chi connectivity index (χ0) is 9.52. The number of hydrogen-bond acceptors (Lipinski definition) is 1. The third-order valence-corrected chi connectivity index (χ3v) is 3.22. The van der Waals surface area contributed by atoms with Crippen LogP contribution in [0, 0.1) is 0 Å². The fraction of sp³-hybridized carbons (Fsp3) is 0.545. The highest BCUT2D eigenvalue weighted by Gasteiger charge is 2.00. The highest BCUT2D eigenvalue weighted by molar-refractivity contribution is 9.09. The summed E-state index contributed by atoms with van der Waals surface area (Å²) in [6.07, 6.45) is 6.64. The van der Waals surface area contributed by atoms with Crippen molar-refractivity contribution in [1.82, 2.24) is 4.98 Å². The molecule has 2 heteroatoms. The number of nitrogens with zero attached hydrogens (tertiary/aromatic N) is 1. The van der Waals surface area contributed by atoms with Crippen LogP contribution in [0.3, 0.4) is 0 Å². The van der Waals surface area contributed by atoms with Crippen molar-refractivity contribution in [3.63, 3.8) is 0 Å². The third-order valence-electron chi connectivity index (χ3n) is 2.12. The van der Waals surface area contributed by atoms with Crippen molar-refractivity contribution in [2.24, 2.45) is 0 Å². The van der Waals surface area contributed by atoms with Crippen LogP contribution in [-0.4, -0.2) is 9.81 Å². The van der Waals surface area contributed by atoms with Gasteiger partial charge in [0.25, 0.3) is 0 Å². The fourth-order valence-electron chi connectivity index (χ4n) is 1.25. The van der Waals surface area contributed by atoms with E-state index in [-0.39, 0.29) is 0 Å². The molecule has 0 N–H and O–H groups in total. The van der Waals surface area contributed by atoms with Gasteiger partial charge in [-0.15, -0.1) is 0 Å². The van der Waals surface area contributed by atoms with Crippen molar-refractivity contribution in [2.75, 3.05) is 0 Å². The molecule has 0 amide bonds. The van der Waals surface area contributed by atoms with E-state index in [1.807, 2.05) is 18.3 Å². The first-order valence-electron chi connectivity index (χ1n) is 4.87. The van der Waals surface area contributed by atoms with E-state index >= 15 is 0 Å². The van der Waals surface area contributed by atoms with Crippen molar-refractivity contribution < 1.29 is 0 Å². The minimum absolute atomic E-state index is 0.677. The summed E-state index contributed by atoms with van der Waals surface area (Å²) in [4.78, 5) is 4.96. The predicted molar refractivity (Wildman–Crippen MR) is 60.2 cm³/mol. The summed E-state index contributed by atoms with van der Waals surface area (Å²) >= 11 is 3.63. The fourth-order valence-corrected chi connectivity index (χ4v) is 1.58. The first-order valence-corrected chi connectivity index (χ1v) is 5.78. The maximum atomic E-state index is 4.29. The van der Waals surface area contributed by atoms with Crippen LogP contribution < -0.4 is 0 Å². The summed E-state index contributed by atoms with van der Waals surface area (Å²) in [5, 5.41) is 0. The molecule has 1 nitrogen and oxygen atoms in total. The van der Waals surface area contributed by atoms with Crippen molar-refractivity contribution >= 4 is 15.9 Å². The highest BCUT2D eigenvalue weighted by Crippen LogP contribution is 2.13. The average molecular weight is 242 g/mol. The number of halogens is 1. The Morgan fingerprint density at radius 2 is 2.31 bits per heavy atom.